The number of thiophene rings is 1. The van der Waals surface area contributed by atoms with Crippen molar-refractivity contribution in [3.05, 3.63) is 29.6 Å². The maximum absolute atomic E-state index is 8.90. The summed E-state index contributed by atoms with van der Waals surface area (Å²) in [5.74, 6) is 2.24. The van der Waals surface area contributed by atoms with Crippen LogP contribution in [0.1, 0.15) is 12.8 Å². The number of oxazole rings is 1. The zero-order valence-corrected chi connectivity index (χ0v) is 10.6. The van der Waals surface area contributed by atoms with E-state index in [9.17, 15) is 0 Å². The lowest BCUT2D eigenvalue weighted by Gasteiger charge is -2.03. The molecule has 1 atom stereocenters. The Morgan fingerprint density at radius 3 is 3.19 bits per heavy atom. The molecule has 0 amide bonds. The lowest BCUT2D eigenvalue weighted by molar-refractivity contribution is 0.300. The quantitative estimate of drug-likeness (QED) is 0.892. The molecule has 5 heteroatoms. The Morgan fingerprint density at radius 1 is 1.62 bits per heavy atom. The number of thioether (sulfide) groups is 1. The van der Waals surface area contributed by atoms with Crippen molar-refractivity contribution in [3.63, 3.8) is 0 Å². The highest BCUT2D eigenvalue weighted by Crippen LogP contribution is 2.26. The van der Waals surface area contributed by atoms with E-state index in [-0.39, 0.29) is 11.9 Å². The number of hydrogen-bond donors (Lipinski definition) is 1. The van der Waals surface area contributed by atoms with Gasteiger partial charge in [0.2, 0.25) is 5.89 Å². The molecule has 16 heavy (non-hydrogen) atoms. The van der Waals surface area contributed by atoms with Gasteiger partial charge >= 0.3 is 0 Å². The molecule has 0 aliphatic rings. The van der Waals surface area contributed by atoms with E-state index < -0.39 is 0 Å². The van der Waals surface area contributed by atoms with Gasteiger partial charge in [-0.25, -0.2) is 4.98 Å². The average molecular weight is 255 g/mol. The molecule has 0 aliphatic heterocycles. The number of aliphatic hydroxyl groups is 1. The largest absolute Gasteiger partial charge is 0.439 e. The van der Waals surface area contributed by atoms with Crippen molar-refractivity contribution in [3.8, 4) is 10.6 Å². The zero-order chi connectivity index (χ0) is 11.4. The molecule has 0 bridgehead atoms. The molecule has 3 nitrogen and oxygen atoms in total. The highest BCUT2D eigenvalue weighted by Gasteiger charge is 2.08. The molecular formula is C11H13NO2S2. The minimum absolute atomic E-state index is 0.184. The minimum Gasteiger partial charge on any atom is -0.439 e. The van der Waals surface area contributed by atoms with Gasteiger partial charge in [0.15, 0.2) is 5.76 Å². The van der Waals surface area contributed by atoms with Crippen LogP contribution in [0.3, 0.4) is 0 Å². The second kappa shape index (κ2) is 5.52. The first-order valence-corrected chi connectivity index (χ1v) is 6.93. The Hall–Kier alpha value is -0.780. The molecule has 0 saturated heterocycles. The highest BCUT2D eigenvalue weighted by molar-refractivity contribution is 7.99. The van der Waals surface area contributed by atoms with Gasteiger partial charge in [0, 0.05) is 5.25 Å². The standard InChI is InChI=1S/C11H13NO2S2/c1-8(6-13)16-7-11-12-5-9(14-11)10-3-2-4-15-10/h2-5,8,13H,6-7H2,1H3. The number of rotatable bonds is 5. The summed E-state index contributed by atoms with van der Waals surface area (Å²) in [4.78, 5) is 5.31. The topological polar surface area (TPSA) is 46.3 Å². The Labute approximate surface area is 103 Å². The molecule has 0 fully saturated rings. The van der Waals surface area contributed by atoms with Crippen molar-refractivity contribution in [2.75, 3.05) is 6.61 Å². The van der Waals surface area contributed by atoms with Gasteiger partial charge < -0.3 is 9.52 Å². The van der Waals surface area contributed by atoms with Crippen LogP contribution in [0.25, 0.3) is 10.6 Å². The summed E-state index contributed by atoms with van der Waals surface area (Å²) in [5.41, 5.74) is 0. The normalized spacial score (nSPS) is 12.9. The van der Waals surface area contributed by atoms with Crippen LogP contribution in [-0.2, 0) is 5.75 Å². The Morgan fingerprint density at radius 2 is 2.50 bits per heavy atom. The summed E-state index contributed by atoms with van der Waals surface area (Å²) in [5, 5.41) is 11.1. The summed E-state index contributed by atoms with van der Waals surface area (Å²) >= 11 is 3.27. The summed E-state index contributed by atoms with van der Waals surface area (Å²) in [6.45, 7) is 2.16. The molecule has 0 spiro atoms. The fourth-order valence-corrected chi connectivity index (χ4v) is 2.51. The molecule has 0 saturated carbocycles. The van der Waals surface area contributed by atoms with Crippen molar-refractivity contribution in [1.29, 1.82) is 0 Å². The van der Waals surface area contributed by atoms with Crippen molar-refractivity contribution in [1.82, 2.24) is 4.98 Å². The second-order valence-corrected chi connectivity index (χ2v) is 5.77. The van der Waals surface area contributed by atoms with Crippen molar-refractivity contribution in [2.45, 2.75) is 17.9 Å². The maximum atomic E-state index is 8.90. The number of nitrogens with zero attached hydrogens (tertiary/aromatic N) is 1. The van der Waals surface area contributed by atoms with Gasteiger partial charge in [-0.15, -0.1) is 23.1 Å². The van der Waals surface area contributed by atoms with E-state index in [1.54, 1.807) is 29.3 Å². The summed E-state index contributed by atoms with van der Waals surface area (Å²) in [6, 6.07) is 4.00. The maximum Gasteiger partial charge on any atom is 0.204 e. The monoisotopic (exact) mass is 255 g/mol. The van der Waals surface area contributed by atoms with E-state index in [1.807, 2.05) is 24.4 Å². The molecule has 1 unspecified atom stereocenters. The van der Waals surface area contributed by atoms with E-state index in [1.165, 1.54) is 0 Å². The first-order valence-electron chi connectivity index (χ1n) is 5.00. The van der Waals surface area contributed by atoms with E-state index in [0.29, 0.717) is 11.6 Å². The van der Waals surface area contributed by atoms with E-state index >= 15 is 0 Å². The minimum atomic E-state index is 0.184. The van der Waals surface area contributed by atoms with Gasteiger partial charge in [0.1, 0.15) is 0 Å². The van der Waals surface area contributed by atoms with Gasteiger partial charge in [0.05, 0.1) is 23.4 Å². The third-order valence-electron chi connectivity index (χ3n) is 2.07. The molecule has 2 rings (SSSR count). The van der Waals surface area contributed by atoms with Crippen molar-refractivity contribution >= 4 is 23.1 Å². The molecule has 2 aromatic rings. The van der Waals surface area contributed by atoms with Gasteiger partial charge in [-0.05, 0) is 11.4 Å². The van der Waals surface area contributed by atoms with E-state index in [2.05, 4.69) is 4.98 Å². The molecule has 0 aliphatic carbocycles. The highest BCUT2D eigenvalue weighted by atomic mass is 32.2. The number of aromatic nitrogens is 1. The first kappa shape index (κ1) is 11.7. The summed E-state index contributed by atoms with van der Waals surface area (Å²) < 4.78 is 5.62. The van der Waals surface area contributed by atoms with Gasteiger partial charge in [-0.2, -0.15) is 0 Å². The summed E-state index contributed by atoms with van der Waals surface area (Å²) in [7, 11) is 0. The SMILES string of the molecule is CC(CO)SCc1ncc(-c2cccs2)o1. The van der Waals surface area contributed by atoms with Crippen molar-refractivity contribution < 1.29 is 9.52 Å². The summed E-state index contributed by atoms with van der Waals surface area (Å²) in [6.07, 6.45) is 1.76. The van der Waals surface area contributed by atoms with Gasteiger partial charge in [-0.1, -0.05) is 13.0 Å². The fraction of sp³-hybridized carbons (Fsp3) is 0.364. The molecule has 2 heterocycles. The first-order chi connectivity index (χ1) is 7.79. The molecule has 2 aromatic heterocycles. The molecular weight excluding hydrogens is 242 g/mol. The Balaban J connectivity index is 1.98. The van der Waals surface area contributed by atoms with Crippen LogP contribution in [0.4, 0.5) is 0 Å². The van der Waals surface area contributed by atoms with Gasteiger partial charge in [-0.3, -0.25) is 0 Å². The predicted molar refractivity (Wildman–Crippen MR) is 67.7 cm³/mol. The number of aliphatic hydroxyl groups excluding tert-OH is 1. The van der Waals surface area contributed by atoms with Crippen LogP contribution in [-0.4, -0.2) is 21.9 Å². The third kappa shape index (κ3) is 2.87. The van der Waals surface area contributed by atoms with E-state index in [0.717, 1.165) is 10.6 Å². The molecule has 0 radical (unpaired) electrons. The van der Waals surface area contributed by atoms with Crippen LogP contribution in [0.2, 0.25) is 0 Å². The Kier molecular flexibility index (Phi) is 4.04. The zero-order valence-electron chi connectivity index (χ0n) is 8.92. The third-order valence-corrected chi connectivity index (χ3v) is 4.08. The molecule has 1 N–H and O–H groups in total. The predicted octanol–water partition coefficient (Wildman–Crippen LogP) is 3.02. The lowest BCUT2D eigenvalue weighted by atomic mass is 10.4. The van der Waals surface area contributed by atoms with Crippen LogP contribution < -0.4 is 0 Å². The molecule has 86 valence electrons. The second-order valence-electron chi connectivity index (χ2n) is 3.40. The lowest BCUT2D eigenvalue weighted by Crippen LogP contribution is -2.02. The Bertz CT molecular complexity index is 425. The van der Waals surface area contributed by atoms with Crippen LogP contribution >= 0.6 is 23.1 Å². The van der Waals surface area contributed by atoms with E-state index in [4.69, 9.17) is 9.52 Å². The van der Waals surface area contributed by atoms with Crippen LogP contribution in [0, 0.1) is 0 Å². The average Bonchev–Trinajstić information content (AvgIpc) is 2.95. The van der Waals surface area contributed by atoms with Crippen molar-refractivity contribution in [2.24, 2.45) is 0 Å². The van der Waals surface area contributed by atoms with Crippen LogP contribution in [0.5, 0.6) is 0 Å². The smallest absolute Gasteiger partial charge is 0.204 e. The fourth-order valence-electron chi connectivity index (χ4n) is 1.18. The van der Waals surface area contributed by atoms with Gasteiger partial charge in [0.25, 0.3) is 0 Å². The van der Waals surface area contributed by atoms with Crippen LogP contribution in [0.15, 0.2) is 28.1 Å². The number of hydrogen-bond acceptors (Lipinski definition) is 5. The molecule has 0 aromatic carbocycles.